The fourth-order valence-electron chi connectivity index (χ4n) is 1.15. The molecule has 0 radical (unpaired) electrons. The van der Waals surface area contributed by atoms with Crippen LogP contribution < -0.4 is 10.6 Å². The minimum atomic E-state index is -1.05. The predicted molar refractivity (Wildman–Crippen MR) is 74.6 cm³/mol. The van der Waals surface area contributed by atoms with Gasteiger partial charge in [0.1, 0.15) is 6.61 Å². The maximum absolute atomic E-state index is 11.5. The van der Waals surface area contributed by atoms with Gasteiger partial charge in [-0.1, -0.05) is 11.6 Å². The molecule has 0 saturated carbocycles. The molecule has 3 N–H and O–H groups in total. The van der Waals surface area contributed by atoms with Crippen LogP contribution in [-0.2, 0) is 9.53 Å². The van der Waals surface area contributed by atoms with Crippen LogP contribution in [0.1, 0.15) is 0 Å². The lowest BCUT2D eigenvalue weighted by molar-refractivity contribution is -0.142. The minimum absolute atomic E-state index is 0.126. The number of urea groups is 1. The average Bonchev–Trinajstić information content (AvgIpc) is 2.33. The number of nitrogens with one attached hydrogen (secondary N) is 2. The molecule has 0 spiro atoms. The Morgan fingerprint density at radius 3 is 2.79 bits per heavy atom. The van der Waals surface area contributed by atoms with Gasteiger partial charge in [-0.3, -0.25) is 0 Å². The molecule has 0 saturated heterocycles. The number of rotatable bonds is 6. The van der Waals surface area contributed by atoms with Crippen LogP contribution in [0, 0.1) is 0 Å². The topological polar surface area (TPSA) is 87.7 Å². The zero-order chi connectivity index (χ0) is 14.3. The predicted octanol–water partition coefficient (Wildman–Crippen LogP) is 2.33. The van der Waals surface area contributed by atoms with Gasteiger partial charge in [-0.2, -0.15) is 0 Å². The van der Waals surface area contributed by atoms with Crippen molar-refractivity contribution >= 4 is 45.2 Å². The van der Waals surface area contributed by atoms with Crippen LogP contribution in [0.5, 0.6) is 0 Å². The van der Waals surface area contributed by atoms with E-state index in [0.29, 0.717) is 10.7 Å². The first-order valence-electron chi connectivity index (χ1n) is 5.28. The van der Waals surface area contributed by atoms with E-state index in [9.17, 15) is 9.59 Å². The average molecular weight is 352 g/mol. The number of halogens is 2. The summed E-state index contributed by atoms with van der Waals surface area (Å²) < 4.78 is 5.50. The van der Waals surface area contributed by atoms with E-state index in [-0.39, 0.29) is 19.8 Å². The summed E-state index contributed by atoms with van der Waals surface area (Å²) in [6, 6.07) is 4.59. The molecule has 0 aliphatic carbocycles. The normalized spacial score (nSPS) is 10.0. The van der Waals surface area contributed by atoms with E-state index in [4.69, 9.17) is 21.4 Å². The molecule has 104 valence electrons. The van der Waals surface area contributed by atoms with Gasteiger partial charge < -0.3 is 20.5 Å². The number of carboxylic acids is 1. The molecule has 0 unspecified atom stereocenters. The van der Waals surface area contributed by atoms with Crippen LogP contribution in [0.15, 0.2) is 22.7 Å². The molecule has 8 heteroatoms. The number of hydrogen-bond acceptors (Lipinski definition) is 3. The molecule has 1 rings (SSSR count). The summed E-state index contributed by atoms with van der Waals surface area (Å²) in [5, 5.41) is 13.9. The van der Waals surface area contributed by atoms with Gasteiger partial charge in [0.05, 0.1) is 11.6 Å². The van der Waals surface area contributed by atoms with Crippen molar-refractivity contribution < 1.29 is 19.4 Å². The Morgan fingerprint density at radius 2 is 2.16 bits per heavy atom. The van der Waals surface area contributed by atoms with E-state index in [2.05, 4.69) is 26.6 Å². The Kier molecular flexibility index (Phi) is 6.61. The molecule has 2 amide bonds. The van der Waals surface area contributed by atoms with Crippen LogP contribution >= 0.6 is 27.5 Å². The van der Waals surface area contributed by atoms with Crippen molar-refractivity contribution in [1.29, 1.82) is 0 Å². The third-order valence-corrected chi connectivity index (χ3v) is 3.17. The molecule has 6 nitrogen and oxygen atoms in total. The van der Waals surface area contributed by atoms with Crippen LogP contribution in [0.2, 0.25) is 5.02 Å². The molecular weight excluding hydrogens is 339 g/mol. The number of benzene rings is 1. The number of aliphatic carboxylic acids is 1. The first-order chi connectivity index (χ1) is 8.99. The number of amides is 2. The van der Waals surface area contributed by atoms with E-state index in [1.54, 1.807) is 18.2 Å². The molecule has 1 aromatic carbocycles. The van der Waals surface area contributed by atoms with Crippen molar-refractivity contribution in [2.75, 3.05) is 25.1 Å². The third kappa shape index (κ3) is 6.42. The quantitative estimate of drug-likeness (QED) is 0.686. The maximum atomic E-state index is 11.5. The lowest BCUT2D eigenvalue weighted by Crippen LogP contribution is -2.31. The summed E-state index contributed by atoms with van der Waals surface area (Å²) >= 11 is 9.12. The van der Waals surface area contributed by atoms with E-state index >= 15 is 0 Å². The number of anilines is 1. The summed E-state index contributed by atoms with van der Waals surface area (Å²) in [6.45, 7) is -0.0458. The second kappa shape index (κ2) is 7.98. The summed E-state index contributed by atoms with van der Waals surface area (Å²) in [4.78, 5) is 21.6. The fraction of sp³-hybridized carbons (Fsp3) is 0.273. The van der Waals surface area contributed by atoms with Crippen molar-refractivity contribution in [3.8, 4) is 0 Å². The highest BCUT2D eigenvalue weighted by Gasteiger charge is 2.03. The first kappa shape index (κ1) is 15.7. The molecule has 0 aliphatic heterocycles. The number of ether oxygens (including phenoxy) is 1. The molecule has 0 heterocycles. The van der Waals surface area contributed by atoms with E-state index in [1.165, 1.54) is 0 Å². The summed E-state index contributed by atoms with van der Waals surface area (Å²) in [5.74, 6) is -1.05. The second-order valence-electron chi connectivity index (χ2n) is 3.46. The Bertz CT molecular complexity index is 470. The largest absolute Gasteiger partial charge is 0.480 e. The van der Waals surface area contributed by atoms with Crippen molar-refractivity contribution in [1.82, 2.24) is 5.32 Å². The van der Waals surface area contributed by atoms with Gasteiger partial charge >= 0.3 is 12.0 Å². The lowest BCUT2D eigenvalue weighted by atomic mass is 10.3. The van der Waals surface area contributed by atoms with Crippen molar-refractivity contribution in [2.45, 2.75) is 0 Å². The molecular formula is C11H12BrClN2O4. The summed E-state index contributed by atoms with van der Waals surface area (Å²) in [6.07, 6.45) is 0. The number of hydrogen-bond donors (Lipinski definition) is 3. The van der Waals surface area contributed by atoms with Gasteiger partial charge in [0.25, 0.3) is 0 Å². The van der Waals surface area contributed by atoms with Crippen LogP contribution in [-0.4, -0.2) is 36.9 Å². The minimum Gasteiger partial charge on any atom is -0.480 e. The Labute approximate surface area is 123 Å². The van der Waals surface area contributed by atoms with Gasteiger partial charge in [-0.05, 0) is 34.1 Å². The van der Waals surface area contributed by atoms with E-state index in [0.717, 1.165) is 4.47 Å². The van der Waals surface area contributed by atoms with Gasteiger partial charge in [-0.25, -0.2) is 9.59 Å². The molecule has 0 atom stereocenters. The fourth-order valence-corrected chi connectivity index (χ4v) is 1.57. The van der Waals surface area contributed by atoms with Crippen molar-refractivity contribution in [2.24, 2.45) is 0 Å². The zero-order valence-corrected chi connectivity index (χ0v) is 12.1. The summed E-state index contributed by atoms with van der Waals surface area (Å²) in [7, 11) is 0. The SMILES string of the molecule is O=C(O)COCCNC(=O)Nc1ccc(Br)c(Cl)c1. The zero-order valence-electron chi connectivity index (χ0n) is 9.78. The van der Waals surface area contributed by atoms with Gasteiger partial charge in [0.2, 0.25) is 0 Å². The Morgan fingerprint density at radius 1 is 1.42 bits per heavy atom. The van der Waals surface area contributed by atoms with E-state index < -0.39 is 12.0 Å². The highest BCUT2D eigenvalue weighted by atomic mass is 79.9. The maximum Gasteiger partial charge on any atom is 0.329 e. The van der Waals surface area contributed by atoms with Crippen molar-refractivity contribution in [3.63, 3.8) is 0 Å². The highest BCUT2D eigenvalue weighted by Crippen LogP contribution is 2.25. The lowest BCUT2D eigenvalue weighted by Gasteiger charge is -2.08. The van der Waals surface area contributed by atoms with Crippen LogP contribution in [0.25, 0.3) is 0 Å². The Balaban J connectivity index is 2.27. The first-order valence-corrected chi connectivity index (χ1v) is 6.45. The van der Waals surface area contributed by atoms with Gasteiger partial charge in [-0.15, -0.1) is 0 Å². The highest BCUT2D eigenvalue weighted by molar-refractivity contribution is 9.10. The Hall–Kier alpha value is -1.31. The van der Waals surface area contributed by atoms with Crippen LogP contribution in [0.3, 0.4) is 0 Å². The molecule has 0 aromatic heterocycles. The molecule has 0 bridgehead atoms. The van der Waals surface area contributed by atoms with Gasteiger partial charge in [0.15, 0.2) is 0 Å². The molecule has 1 aromatic rings. The number of carbonyl (C=O) groups excluding carboxylic acids is 1. The second-order valence-corrected chi connectivity index (χ2v) is 4.72. The molecule has 19 heavy (non-hydrogen) atoms. The summed E-state index contributed by atoms with van der Waals surface area (Å²) in [5.41, 5.74) is 0.553. The number of carboxylic acid groups (broad SMARTS) is 1. The third-order valence-electron chi connectivity index (χ3n) is 1.93. The molecule has 0 fully saturated rings. The van der Waals surface area contributed by atoms with Crippen molar-refractivity contribution in [3.05, 3.63) is 27.7 Å². The standard InChI is InChI=1S/C11H12BrClN2O4/c12-8-2-1-7(5-9(8)13)15-11(18)14-3-4-19-6-10(16)17/h1-2,5H,3-4,6H2,(H,16,17)(H2,14,15,18). The molecule has 0 aliphatic rings. The van der Waals surface area contributed by atoms with Crippen LogP contribution in [0.4, 0.5) is 10.5 Å². The van der Waals surface area contributed by atoms with E-state index in [1.807, 2.05) is 0 Å². The monoisotopic (exact) mass is 350 g/mol. The number of carbonyl (C=O) groups is 2. The van der Waals surface area contributed by atoms with Gasteiger partial charge in [0, 0.05) is 16.7 Å². The smallest absolute Gasteiger partial charge is 0.329 e.